The smallest absolute Gasteiger partial charge is 0.0937 e. The van der Waals surface area contributed by atoms with E-state index in [0.29, 0.717) is 5.41 Å². The number of hydrogen-bond acceptors (Lipinski definition) is 3. The van der Waals surface area contributed by atoms with Crippen molar-refractivity contribution in [2.45, 2.75) is 65.3 Å². The molecule has 1 saturated carbocycles. The normalized spacial score (nSPS) is 25.2. The maximum Gasteiger partial charge on any atom is 0.0937 e. The van der Waals surface area contributed by atoms with Crippen LogP contribution in [0.3, 0.4) is 0 Å². The highest BCUT2D eigenvalue weighted by Gasteiger charge is 2.27. The minimum atomic E-state index is 0.482. The topological polar surface area (TPSA) is 24.9 Å². The van der Waals surface area contributed by atoms with Crippen LogP contribution in [0.25, 0.3) is 0 Å². The standard InChI is InChI=1S/C16H28N2S/c1-16(2,3)13-5-4-6-14(8-7-13)17-10-9-15-18-11-12-19-15/h11-14,17H,4-10H2,1-3H3. The van der Waals surface area contributed by atoms with Gasteiger partial charge >= 0.3 is 0 Å². The molecule has 2 unspecified atom stereocenters. The lowest BCUT2D eigenvalue weighted by atomic mass is 9.76. The molecule has 0 bridgehead atoms. The highest BCUT2D eigenvalue weighted by Crippen LogP contribution is 2.36. The third-order valence-electron chi connectivity index (χ3n) is 4.45. The van der Waals surface area contributed by atoms with E-state index < -0.39 is 0 Å². The van der Waals surface area contributed by atoms with E-state index in [2.05, 4.69) is 36.5 Å². The zero-order chi connectivity index (χ0) is 13.7. The van der Waals surface area contributed by atoms with Crippen LogP contribution >= 0.6 is 11.3 Å². The molecule has 2 atom stereocenters. The van der Waals surface area contributed by atoms with E-state index in [1.54, 1.807) is 11.3 Å². The molecule has 1 fully saturated rings. The molecule has 0 saturated heterocycles. The van der Waals surface area contributed by atoms with Gasteiger partial charge in [-0.2, -0.15) is 0 Å². The molecule has 3 heteroatoms. The van der Waals surface area contributed by atoms with Crippen LogP contribution in [-0.4, -0.2) is 17.6 Å². The van der Waals surface area contributed by atoms with Crippen LogP contribution in [0.1, 0.15) is 57.9 Å². The molecule has 108 valence electrons. The molecule has 1 N–H and O–H groups in total. The molecule has 0 spiro atoms. The van der Waals surface area contributed by atoms with Crippen molar-refractivity contribution in [1.82, 2.24) is 10.3 Å². The van der Waals surface area contributed by atoms with Gasteiger partial charge in [0, 0.05) is 30.6 Å². The SMILES string of the molecule is CC(C)(C)C1CCCC(NCCc2nccs2)CC1. The van der Waals surface area contributed by atoms with Crippen LogP contribution in [0.4, 0.5) is 0 Å². The monoisotopic (exact) mass is 280 g/mol. The summed E-state index contributed by atoms with van der Waals surface area (Å²) in [4.78, 5) is 4.34. The molecule has 1 aromatic rings. The third kappa shape index (κ3) is 4.88. The van der Waals surface area contributed by atoms with Gasteiger partial charge in [-0.15, -0.1) is 11.3 Å². The summed E-state index contributed by atoms with van der Waals surface area (Å²) in [6.45, 7) is 8.27. The maximum atomic E-state index is 4.34. The number of aromatic nitrogens is 1. The fourth-order valence-electron chi connectivity index (χ4n) is 3.13. The average Bonchev–Trinajstić information content (AvgIpc) is 2.72. The number of nitrogens with one attached hydrogen (secondary N) is 1. The summed E-state index contributed by atoms with van der Waals surface area (Å²) in [5.41, 5.74) is 0.482. The largest absolute Gasteiger partial charge is 0.314 e. The Balaban J connectivity index is 1.71. The second-order valence-electron chi connectivity index (χ2n) is 6.90. The highest BCUT2D eigenvalue weighted by molar-refractivity contribution is 7.09. The van der Waals surface area contributed by atoms with Crippen LogP contribution in [0.15, 0.2) is 11.6 Å². The summed E-state index contributed by atoms with van der Waals surface area (Å²) in [6, 6.07) is 0.729. The van der Waals surface area contributed by atoms with Gasteiger partial charge in [0.05, 0.1) is 5.01 Å². The van der Waals surface area contributed by atoms with Gasteiger partial charge in [0.15, 0.2) is 0 Å². The summed E-state index contributed by atoms with van der Waals surface area (Å²) in [7, 11) is 0. The van der Waals surface area contributed by atoms with Crippen LogP contribution < -0.4 is 5.32 Å². The van der Waals surface area contributed by atoms with Gasteiger partial charge < -0.3 is 5.32 Å². The number of nitrogens with zero attached hydrogens (tertiary/aromatic N) is 1. The van der Waals surface area contributed by atoms with E-state index in [9.17, 15) is 0 Å². The molecule has 0 amide bonds. The first-order valence-corrected chi connectivity index (χ1v) is 8.55. The number of thiazole rings is 1. The highest BCUT2D eigenvalue weighted by atomic mass is 32.1. The minimum absolute atomic E-state index is 0.482. The number of rotatable bonds is 4. The molecule has 0 aliphatic heterocycles. The first-order valence-electron chi connectivity index (χ1n) is 7.67. The zero-order valence-electron chi connectivity index (χ0n) is 12.6. The predicted molar refractivity (Wildman–Crippen MR) is 83.6 cm³/mol. The summed E-state index contributed by atoms with van der Waals surface area (Å²) in [5, 5.41) is 7.06. The molecule has 2 rings (SSSR count). The molecular formula is C16H28N2S. The van der Waals surface area contributed by atoms with Crippen LogP contribution in [0, 0.1) is 11.3 Å². The van der Waals surface area contributed by atoms with Crippen molar-refractivity contribution >= 4 is 11.3 Å². The van der Waals surface area contributed by atoms with Gasteiger partial charge in [0.1, 0.15) is 0 Å². The molecule has 1 heterocycles. The lowest BCUT2D eigenvalue weighted by Gasteiger charge is -2.29. The Hall–Kier alpha value is -0.410. The van der Waals surface area contributed by atoms with Crippen molar-refractivity contribution in [2.24, 2.45) is 11.3 Å². The van der Waals surface area contributed by atoms with Gasteiger partial charge in [-0.25, -0.2) is 4.98 Å². The lowest BCUT2D eigenvalue weighted by Crippen LogP contribution is -2.30. The lowest BCUT2D eigenvalue weighted by molar-refractivity contribution is 0.213. The van der Waals surface area contributed by atoms with Gasteiger partial charge in [-0.05, 0) is 37.0 Å². The van der Waals surface area contributed by atoms with Crippen LogP contribution in [-0.2, 0) is 6.42 Å². The van der Waals surface area contributed by atoms with Gasteiger partial charge in [0.25, 0.3) is 0 Å². The van der Waals surface area contributed by atoms with E-state index in [4.69, 9.17) is 0 Å². The van der Waals surface area contributed by atoms with Crippen molar-refractivity contribution in [3.63, 3.8) is 0 Å². The van der Waals surface area contributed by atoms with E-state index in [0.717, 1.165) is 24.9 Å². The van der Waals surface area contributed by atoms with Gasteiger partial charge in [0.2, 0.25) is 0 Å². The molecule has 1 aliphatic rings. The Morgan fingerprint density at radius 1 is 1.26 bits per heavy atom. The fraction of sp³-hybridized carbons (Fsp3) is 0.812. The summed E-state index contributed by atoms with van der Waals surface area (Å²) >= 11 is 1.77. The minimum Gasteiger partial charge on any atom is -0.314 e. The molecule has 0 radical (unpaired) electrons. The Kier molecular flexibility index (Phi) is 5.40. The molecule has 1 aromatic heterocycles. The van der Waals surface area contributed by atoms with Crippen LogP contribution in [0.5, 0.6) is 0 Å². The number of hydrogen-bond donors (Lipinski definition) is 1. The van der Waals surface area contributed by atoms with Crippen LogP contribution in [0.2, 0.25) is 0 Å². The molecular weight excluding hydrogens is 252 g/mol. The van der Waals surface area contributed by atoms with Crippen molar-refractivity contribution in [2.75, 3.05) is 6.54 Å². The predicted octanol–water partition coefficient (Wildman–Crippen LogP) is 4.27. The van der Waals surface area contributed by atoms with E-state index in [1.807, 2.05) is 6.20 Å². The Bertz CT molecular complexity index is 353. The second kappa shape index (κ2) is 6.85. The van der Waals surface area contributed by atoms with E-state index in [-0.39, 0.29) is 0 Å². The average molecular weight is 280 g/mol. The summed E-state index contributed by atoms with van der Waals surface area (Å²) in [6.07, 6.45) is 9.87. The summed E-state index contributed by atoms with van der Waals surface area (Å²) in [5.74, 6) is 0.901. The first-order chi connectivity index (χ1) is 9.05. The third-order valence-corrected chi connectivity index (χ3v) is 5.29. The second-order valence-corrected chi connectivity index (χ2v) is 7.88. The van der Waals surface area contributed by atoms with E-state index in [1.165, 1.54) is 37.1 Å². The Morgan fingerprint density at radius 2 is 2.11 bits per heavy atom. The fourth-order valence-corrected chi connectivity index (χ4v) is 3.75. The molecule has 0 aromatic carbocycles. The van der Waals surface area contributed by atoms with Crippen molar-refractivity contribution in [3.8, 4) is 0 Å². The zero-order valence-corrected chi connectivity index (χ0v) is 13.4. The van der Waals surface area contributed by atoms with Crippen molar-refractivity contribution in [3.05, 3.63) is 16.6 Å². The molecule has 1 aliphatic carbocycles. The van der Waals surface area contributed by atoms with Gasteiger partial charge in [-0.1, -0.05) is 27.2 Å². The van der Waals surface area contributed by atoms with Crippen molar-refractivity contribution in [1.29, 1.82) is 0 Å². The quantitative estimate of drug-likeness (QED) is 0.833. The Morgan fingerprint density at radius 3 is 2.79 bits per heavy atom. The first kappa shape index (κ1) is 15.0. The molecule has 2 nitrogen and oxygen atoms in total. The summed E-state index contributed by atoms with van der Waals surface area (Å²) < 4.78 is 0. The maximum absolute atomic E-state index is 4.34. The van der Waals surface area contributed by atoms with E-state index >= 15 is 0 Å². The van der Waals surface area contributed by atoms with Crippen molar-refractivity contribution < 1.29 is 0 Å². The Labute approximate surface area is 122 Å². The van der Waals surface area contributed by atoms with Gasteiger partial charge in [-0.3, -0.25) is 0 Å². The molecule has 19 heavy (non-hydrogen) atoms.